The van der Waals surface area contributed by atoms with Crippen LogP contribution in [0.1, 0.15) is 20.8 Å². The summed E-state index contributed by atoms with van der Waals surface area (Å²) in [4.78, 5) is 6.55. The van der Waals surface area contributed by atoms with Crippen molar-refractivity contribution < 1.29 is 4.74 Å². The standard InChI is InChI=1S/C11H24N4O/c1-11(2,3)14-10(12)13-7-9-8-15(4)5-6-16-9/h9H,5-8H2,1-4H3,(H3,12,13,14). The normalized spacial score (nSPS) is 24.5. The maximum absolute atomic E-state index is 5.78. The van der Waals surface area contributed by atoms with Crippen molar-refractivity contribution in [2.45, 2.75) is 32.4 Å². The van der Waals surface area contributed by atoms with Gasteiger partial charge in [-0.3, -0.25) is 4.99 Å². The Labute approximate surface area is 98.0 Å². The van der Waals surface area contributed by atoms with E-state index in [4.69, 9.17) is 10.5 Å². The minimum absolute atomic E-state index is 0.0439. The number of hydrogen-bond donors (Lipinski definition) is 2. The molecule has 1 heterocycles. The van der Waals surface area contributed by atoms with Crippen LogP contribution in [0, 0.1) is 0 Å². The Morgan fingerprint density at radius 3 is 2.81 bits per heavy atom. The van der Waals surface area contributed by atoms with E-state index in [0.717, 1.165) is 19.7 Å². The first-order valence-corrected chi connectivity index (χ1v) is 5.75. The highest BCUT2D eigenvalue weighted by Gasteiger charge is 2.17. The van der Waals surface area contributed by atoms with E-state index in [-0.39, 0.29) is 11.6 Å². The molecule has 5 nitrogen and oxygen atoms in total. The molecule has 1 atom stereocenters. The highest BCUT2D eigenvalue weighted by atomic mass is 16.5. The fourth-order valence-corrected chi connectivity index (χ4v) is 1.60. The molecule has 0 aromatic heterocycles. The summed E-state index contributed by atoms with van der Waals surface area (Å²) in [5.74, 6) is 0.490. The van der Waals surface area contributed by atoms with Crippen molar-refractivity contribution in [1.82, 2.24) is 10.2 Å². The molecule has 3 N–H and O–H groups in total. The molecule has 5 heteroatoms. The number of guanidine groups is 1. The van der Waals surface area contributed by atoms with Gasteiger partial charge in [-0.15, -0.1) is 0 Å². The van der Waals surface area contributed by atoms with Crippen LogP contribution in [0.25, 0.3) is 0 Å². The van der Waals surface area contributed by atoms with Gasteiger partial charge in [0.05, 0.1) is 19.3 Å². The van der Waals surface area contributed by atoms with Gasteiger partial charge in [-0.2, -0.15) is 0 Å². The highest BCUT2D eigenvalue weighted by molar-refractivity contribution is 5.78. The zero-order valence-electron chi connectivity index (χ0n) is 10.8. The number of ether oxygens (including phenoxy) is 1. The Morgan fingerprint density at radius 1 is 1.56 bits per heavy atom. The van der Waals surface area contributed by atoms with Gasteiger partial charge >= 0.3 is 0 Å². The monoisotopic (exact) mass is 228 g/mol. The van der Waals surface area contributed by atoms with E-state index in [1.54, 1.807) is 0 Å². The van der Waals surface area contributed by atoms with Crippen molar-refractivity contribution in [2.75, 3.05) is 33.3 Å². The largest absolute Gasteiger partial charge is 0.374 e. The van der Waals surface area contributed by atoms with E-state index in [1.807, 2.05) is 0 Å². The summed E-state index contributed by atoms with van der Waals surface area (Å²) in [5.41, 5.74) is 5.74. The molecule has 0 radical (unpaired) electrons. The average molecular weight is 228 g/mol. The molecular formula is C11H24N4O. The van der Waals surface area contributed by atoms with Crippen molar-refractivity contribution >= 4 is 5.96 Å². The Bertz CT molecular complexity index is 247. The molecule has 0 spiro atoms. The van der Waals surface area contributed by atoms with Crippen molar-refractivity contribution in [1.29, 1.82) is 0 Å². The lowest BCUT2D eigenvalue weighted by molar-refractivity contribution is -0.0136. The number of likely N-dealkylation sites (N-methyl/N-ethyl adjacent to an activating group) is 1. The molecule has 1 aliphatic rings. The Hall–Kier alpha value is -0.810. The molecule has 1 unspecified atom stereocenters. The molecule has 0 saturated carbocycles. The lowest BCUT2D eigenvalue weighted by Crippen LogP contribution is -2.46. The number of nitrogens with one attached hydrogen (secondary N) is 1. The summed E-state index contributed by atoms with van der Waals surface area (Å²) < 4.78 is 5.60. The zero-order valence-corrected chi connectivity index (χ0v) is 10.8. The van der Waals surface area contributed by atoms with E-state index in [9.17, 15) is 0 Å². The van der Waals surface area contributed by atoms with Crippen LogP contribution in [0.5, 0.6) is 0 Å². The van der Waals surface area contributed by atoms with Crippen molar-refractivity contribution in [2.24, 2.45) is 10.7 Å². The molecule has 0 bridgehead atoms. The van der Waals surface area contributed by atoms with E-state index in [1.165, 1.54) is 0 Å². The first-order valence-electron chi connectivity index (χ1n) is 5.75. The second-order valence-electron chi connectivity index (χ2n) is 5.36. The summed E-state index contributed by atoms with van der Waals surface area (Å²) in [5, 5.41) is 3.13. The predicted octanol–water partition coefficient (Wildman–Crippen LogP) is 0.0198. The molecule has 1 rings (SSSR count). The van der Waals surface area contributed by atoms with E-state index < -0.39 is 0 Å². The fourth-order valence-electron chi connectivity index (χ4n) is 1.60. The van der Waals surface area contributed by atoms with Gasteiger partial charge in [0.2, 0.25) is 0 Å². The third-order valence-electron chi connectivity index (χ3n) is 2.31. The summed E-state index contributed by atoms with van der Waals surface area (Å²) >= 11 is 0. The third-order valence-corrected chi connectivity index (χ3v) is 2.31. The van der Waals surface area contributed by atoms with Gasteiger partial charge in [0.1, 0.15) is 0 Å². The van der Waals surface area contributed by atoms with Crippen molar-refractivity contribution in [3.8, 4) is 0 Å². The van der Waals surface area contributed by atoms with Gasteiger partial charge in [-0.1, -0.05) is 0 Å². The molecule has 94 valence electrons. The van der Waals surface area contributed by atoms with Crippen LogP contribution >= 0.6 is 0 Å². The van der Waals surface area contributed by atoms with E-state index >= 15 is 0 Å². The summed E-state index contributed by atoms with van der Waals surface area (Å²) in [6, 6.07) is 0. The first-order chi connectivity index (χ1) is 7.37. The second-order valence-corrected chi connectivity index (χ2v) is 5.36. The number of rotatable bonds is 2. The topological polar surface area (TPSA) is 62.9 Å². The smallest absolute Gasteiger partial charge is 0.189 e. The van der Waals surface area contributed by atoms with Crippen LogP contribution in [-0.4, -0.2) is 55.8 Å². The molecular weight excluding hydrogens is 204 g/mol. The average Bonchev–Trinajstić information content (AvgIpc) is 2.12. The molecule has 1 saturated heterocycles. The van der Waals surface area contributed by atoms with Gasteiger partial charge in [-0.25, -0.2) is 0 Å². The molecule has 1 fully saturated rings. The molecule has 0 aromatic rings. The Kier molecular flexibility index (Phi) is 4.56. The van der Waals surface area contributed by atoms with E-state index in [2.05, 4.69) is 43.0 Å². The predicted molar refractivity (Wildman–Crippen MR) is 66.6 cm³/mol. The van der Waals surface area contributed by atoms with Crippen LogP contribution in [0.3, 0.4) is 0 Å². The summed E-state index contributed by atoms with van der Waals surface area (Å²) in [6.07, 6.45) is 0.166. The van der Waals surface area contributed by atoms with Crippen LogP contribution in [-0.2, 0) is 4.74 Å². The first kappa shape index (κ1) is 13.3. The minimum atomic E-state index is -0.0439. The number of morpholine rings is 1. The maximum atomic E-state index is 5.78. The Balaban J connectivity index is 2.34. The molecule has 16 heavy (non-hydrogen) atoms. The van der Waals surface area contributed by atoms with Crippen LogP contribution in [0.4, 0.5) is 0 Å². The maximum Gasteiger partial charge on any atom is 0.189 e. The van der Waals surface area contributed by atoms with Crippen LogP contribution in [0.15, 0.2) is 4.99 Å². The number of aliphatic imine (C=N–C) groups is 1. The Morgan fingerprint density at radius 2 is 2.25 bits per heavy atom. The van der Waals surface area contributed by atoms with Gasteiger partial charge in [0, 0.05) is 18.6 Å². The minimum Gasteiger partial charge on any atom is -0.374 e. The van der Waals surface area contributed by atoms with Crippen LogP contribution < -0.4 is 11.1 Å². The lowest BCUT2D eigenvalue weighted by Gasteiger charge is -2.29. The molecule has 0 aromatic carbocycles. The molecule has 0 amide bonds. The van der Waals surface area contributed by atoms with Crippen molar-refractivity contribution in [3.05, 3.63) is 0 Å². The highest BCUT2D eigenvalue weighted by Crippen LogP contribution is 2.03. The SMILES string of the molecule is CN1CCOC(CN=C(N)NC(C)(C)C)C1. The quantitative estimate of drug-likeness (QED) is 0.517. The van der Waals surface area contributed by atoms with Gasteiger partial charge in [0.15, 0.2) is 5.96 Å². The van der Waals surface area contributed by atoms with Crippen molar-refractivity contribution in [3.63, 3.8) is 0 Å². The lowest BCUT2D eigenvalue weighted by atomic mass is 10.1. The van der Waals surface area contributed by atoms with Gasteiger partial charge in [-0.05, 0) is 27.8 Å². The number of hydrogen-bond acceptors (Lipinski definition) is 3. The zero-order chi connectivity index (χ0) is 12.2. The number of nitrogens with two attached hydrogens (primary N) is 1. The second kappa shape index (κ2) is 5.50. The molecule has 1 aliphatic heterocycles. The summed E-state index contributed by atoms with van der Waals surface area (Å²) in [6.45, 7) is 9.49. The molecule has 0 aliphatic carbocycles. The van der Waals surface area contributed by atoms with Gasteiger partial charge < -0.3 is 20.7 Å². The third kappa shape index (κ3) is 5.32. The van der Waals surface area contributed by atoms with E-state index in [0.29, 0.717) is 12.5 Å². The summed E-state index contributed by atoms with van der Waals surface area (Å²) in [7, 11) is 2.09. The fraction of sp³-hybridized carbons (Fsp3) is 0.909. The number of nitrogens with zero attached hydrogens (tertiary/aromatic N) is 2. The van der Waals surface area contributed by atoms with Gasteiger partial charge in [0.25, 0.3) is 0 Å². The van der Waals surface area contributed by atoms with Crippen LogP contribution in [0.2, 0.25) is 0 Å².